The Morgan fingerprint density at radius 1 is 1.09 bits per heavy atom. The van der Waals surface area contributed by atoms with Gasteiger partial charge in [0.05, 0.1) is 24.3 Å². The van der Waals surface area contributed by atoms with Gasteiger partial charge in [0.1, 0.15) is 6.04 Å². The summed E-state index contributed by atoms with van der Waals surface area (Å²) in [6.45, 7) is -2.98. The minimum Gasteiger partial charge on any atom is -0.372 e. The molecule has 0 fully saturated rings. The molecule has 1 heterocycles. The third kappa shape index (κ3) is 6.93. The van der Waals surface area contributed by atoms with Gasteiger partial charge in [0.2, 0.25) is 11.5 Å². The van der Waals surface area contributed by atoms with Crippen LogP contribution in [0.25, 0.3) is 0 Å². The highest BCUT2D eigenvalue weighted by molar-refractivity contribution is 6.10. The Kier molecular flexibility index (Phi) is 7.88. The number of alkyl halides is 8. The molecule has 3 amide bonds. The van der Waals surface area contributed by atoms with Crippen LogP contribution in [-0.4, -0.2) is 72.4 Å². The van der Waals surface area contributed by atoms with E-state index in [1.807, 2.05) is 5.32 Å². The molecule has 0 unspecified atom stereocenters. The second-order valence-corrected chi connectivity index (χ2v) is 7.80. The minimum absolute atomic E-state index is 0.107. The zero-order valence-corrected chi connectivity index (χ0v) is 17.9. The first kappa shape index (κ1) is 28.1. The highest BCUT2D eigenvalue weighted by Gasteiger charge is 2.58. The third-order valence-electron chi connectivity index (χ3n) is 4.96. The molecule has 1 aliphatic rings. The van der Waals surface area contributed by atoms with Crippen molar-refractivity contribution >= 4 is 29.1 Å². The molecular formula is C19H20F8N4O4. The number of nitrogens with one attached hydrogen (secondary N) is 3. The fraction of sp³-hybridized carbons (Fsp3) is 0.526. The molecule has 2 rings (SSSR count). The summed E-state index contributed by atoms with van der Waals surface area (Å²) in [4.78, 5) is 38.1. The van der Waals surface area contributed by atoms with Crippen LogP contribution in [0.3, 0.4) is 0 Å². The van der Waals surface area contributed by atoms with Gasteiger partial charge in [0.15, 0.2) is 0 Å². The number of halogens is 8. The number of carbonyl (C=O) groups excluding carboxylic acids is 3. The highest BCUT2D eigenvalue weighted by Crippen LogP contribution is 2.35. The van der Waals surface area contributed by atoms with Crippen LogP contribution < -0.4 is 20.9 Å². The molecule has 0 aromatic heterocycles. The van der Waals surface area contributed by atoms with Crippen LogP contribution in [0.5, 0.6) is 0 Å². The predicted molar refractivity (Wildman–Crippen MR) is 105 cm³/mol. The fourth-order valence-corrected chi connectivity index (χ4v) is 2.93. The van der Waals surface area contributed by atoms with E-state index in [9.17, 15) is 54.6 Å². The van der Waals surface area contributed by atoms with E-state index in [0.29, 0.717) is 6.92 Å². The number of aliphatic hydroxyl groups is 1. The van der Waals surface area contributed by atoms with Crippen LogP contribution in [0, 0.1) is 0 Å². The summed E-state index contributed by atoms with van der Waals surface area (Å²) in [7, 11) is 0. The van der Waals surface area contributed by atoms with E-state index < -0.39 is 73.7 Å². The monoisotopic (exact) mass is 520 g/mol. The van der Waals surface area contributed by atoms with Gasteiger partial charge in [0.25, 0.3) is 11.8 Å². The van der Waals surface area contributed by atoms with Crippen molar-refractivity contribution in [1.82, 2.24) is 10.6 Å². The molecule has 196 valence electrons. The SMILES string of the molecule is C[C@@](O)(C(=O)NCC(F)(F)C(F)(F)F)C(=O)N[C@H]1CN(CCC(F)(F)F)c2ccccc2NC1=O. The summed E-state index contributed by atoms with van der Waals surface area (Å²) in [5.41, 5.74) is -2.92. The number of amides is 3. The Hall–Kier alpha value is -3.17. The summed E-state index contributed by atoms with van der Waals surface area (Å²) in [6.07, 6.45) is -11.9. The van der Waals surface area contributed by atoms with Crippen LogP contribution in [0.15, 0.2) is 24.3 Å². The summed E-state index contributed by atoms with van der Waals surface area (Å²) in [5.74, 6) is -9.89. The molecule has 8 nitrogen and oxygen atoms in total. The average Bonchev–Trinajstić information content (AvgIpc) is 2.85. The number of rotatable bonds is 7. The molecule has 1 aromatic rings. The third-order valence-corrected chi connectivity index (χ3v) is 4.96. The number of hydrogen-bond acceptors (Lipinski definition) is 5. The molecule has 35 heavy (non-hydrogen) atoms. The van der Waals surface area contributed by atoms with Crippen molar-refractivity contribution in [2.75, 3.05) is 29.9 Å². The van der Waals surface area contributed by atoms with Crippen LogP contribution in [-0.2, 0) is 14.4 Å². The first-order chi connectivity index (χ1) is 15.8. The molecule has 0 bridgehead atoms. The van der Waals surface area contributed by atoms with Crippen molar-refractivity contribution in [2.45, 2.75) is 43.3 Å². The average molecular weight is 520 g/mol. The molecular weight excluding hydrogens is 500 g/mol. The van der Waals surface area contributed by atoms with E-state index >= 15 is 0 Å². The zero-order valence-electron chi connectivity index (χ0n) is 17.9. The van der Waals surface area contributed by atoms with Gasteiger partial charge in [-0.15, -0.1) is 0 Å². The predicted octanol–water partition coefficient (Wildman–Crippen LogP) is 1.95. The van der Waals surface area contributed by atoms with Gasteiger partial charge >= 0.3 is 18.3 Å². The molecule has 2 atom stereocenters. The van der Waals surface area contributed by atoms with Gasteiger partial charge in [-0.05, 0) is 19.1 Å². The molecule has 0 aliphatic carbocycles. The van der Waals surface area contributed by atoms with Crippen molar-refractivity contribution in [3.8, 4) is 0 Å². The van der Waals surface area contributed by atoms with E-state index in [1.165, 1.54) is 24.3 Å². The smallest absolute Gasteiger partial charge is 0.372 e. The van der Waals surface area contributed by atoms with Crippen molar-refractivity contribution in [3.63, 3.8) is 0 Å². The molecule has 0 saturated heterocycles. The largest absolute Gasteiger partial charge is 0.455 e. The van der Waals surface area contributed by atoms with Gasteiger partial charge in [0, 0.05) is 13.1 Å². The summed E-state index contributed by atoms with van der Waals surface area (Å²) in [6, 6.07) is 4.10. The van der Waals surface area contributed by atoms with Gasteiger partial charge in [-0.1, -0.05) is 12.1 Å². The number of anilines is 2. The molecule has 1 aromatic carbocycles. The summed E-state index contributed by atoms with van der Waals surface area (Å²) < 4.78 is 101. The van der Waals surface area contributed by atoms with Gasteiger partial charge in [-0.2, -0.15) is 35.1 Å². The maximum Gasteiger partial charge on any atom is 0.455 e. The number of hydrogen-bond donors (Lipinski definition) is 4. The van der Waals surface area contributed by atoms with Gasteiger partial charge in [-0.25, -0.2) is 0 Å². The first-order valence-corrected chi connectivity index (χ1v) is 9.83. The van der Waals surface area contributed by atoms with Gasteiger partial charge in [-0.3, -0.25) is 14.4 Å². The van der Waals surface area contributed by atoms with Crippen molar-refractivity contribution in [3.05, 3.63) is 24.3 Å². The second-order valence-electron chi connectivity index (χ2n) is 7.80. The number of carbonyl (C=O) groups is 3. The van der Waals surface area contributed by atoms with Crippen molar-refractivity contribution in [1.29, 1.82) is 0 Å². The Bertz CT molecular complexity index is 965. The lowest BCUT2D eigenvalue weighted by molar-refractivity contribution is -0.278. The Morgan fingerprint density at radius 2 is 1.69 bits per heavy atom. The number of nitrogens with zero attached hydrogens (tertiary/aromatic N) is 1. The second kappa shape index (κ2) is 9.83. The summed E-state index contributed by atoms with van der Waals surface area (Å²) >= 11 is 0. The zero-order chi connectivity index (χ0) is 26.8. The van der Waals surface area contributed by atoms with Crippen molar-refractivity contribution < 1.29 is 54.6 Å². The Labute approximate surface area is 192 Å². The molecule has 1 aliphatic heterocycles. The maximum absolute atomic E-state index is 13.0. The van der Waals surface area contributed by atoms with Gasteiger partial charge < -0.3 is 26.0 Å². The topological polar surface area (TPSA) is 111 Å². The summed E-state index contributed by atoms with van der Waals surface area (Å²) in [5, 5.41) is 15.5. The highest BCUT2D eigenvalue weighted by atomic mass is 19.4. The van der Waals surface area contributed by atoms with Crippen LogP contribution >= 0.6 is 0 Å². The number of benzene rings is 1. The molecule has 0 saturated carbocycles. The fourth-order valence-electron chi connectivity index (χ4n) is 2.93. The normalized spacial score (nSPS) is 18.6. The van der Waals surface area contributed by atoms with Crippen LogP contribution in [0.2, 0.25) is 0 Å². The number of fused-ring (bicyclic) bond motifs is 1. The lowest BCUT2D eigenvalue weighted by atomic mass is 10.0. The standard InChI is InChI=1S/C19H20F8N4O4/c1-16(35,14(33)28-9-17(20,21)19(25,26)27)15(34)30-11-8-31(7-6-18(22,23)24)12-5-3-2-4-10(12)29-13(11)32/h2-5,11,35H,6-9H2,1H3,(H,28,33)(H,29,32)(H,30,34)/t11-,16+/m0/s1. The quantitative estimate of drug-likeness (QED) is 0.325. The van der Waals surface area contributed by atoms with Crippen LogP contribution in [0.4, 0.5) is 46.5 Å². The number of para-hydroxylation sites is 2. The van der Waals surface area contributed by atoms with E-state index in [-0.39, 0.29) is 11.4 Å². The molecule has 0 radical (unpaired) electrons. The molecule has 0 spiro atoms. The lowest BCUT2D eigenvalue weighted by Gasteiger charge is -2.29. The minimum atomic E-state index is -6.01. The van der Waals surface area contributed by atoms with Crippen molar-refractivity contribution in [2.24, 2.45) is 0 Å². The van der Waals surface area contributed by atoms with E-state index in [0.717, 1.165) is 10.2 Å². The lowest BCUT2D eigenvalue weighted by Crippen LogP contribution is -2.61. The molecule has 4 N–H and O–H groups in total. The van der Waals surface area contributed by atoms with Crippen LogP contribution in [0.1, 0.15) is 13.3 Å². The Morgan fingerprint density at radius 3 is 2.26 bits per heavy atom. The van der Waals surface area contributed by atoms with E-state index in [2.05, 4.69) is 5.32 Å². The van der Waals surface area contributed by atoms with E-state index in [1.54, 1.807) is 0 Å². The first-order valence-electron chi connectivity index (χ1n) is 9.83. The van der Waals surface area contributed by atoms with E-state index in [4.69, 9.17) is 0 Å². The maximum atomic E-state index is 13.0. The Balaban J connectivity index is 2.17. The molecule has 16 heteroatoms.